The molecule has 1 aliphatic rings. The number of fused-ring (bicyclic) bond motifs is 2. The maximum absolute atomic E-state index is 13.6. The molecule has 0 saturated heterocycles. The SMILES string of the molecule is CCN1c2ccc(C(=O)C(CSc3ccc(Cl)cc3)=NOC(C)=O)cc2Sc2cc(C(=O)c3ccccc3C)ccc21. The second-order valence-corrected chi connectivity index (χ2v) is 12.1. The predicted molar refractivity (Wildman–Crippen MR) is 170 cm³/mol. The first-order valence-corrected chi connectivity index (χ1v) is 15.4. The van der Waals surface area contributed by atoms with Gasteiger partial charge in [-0.2, -0.15) is 0 Å². The highest BCUT2D eigenvalue weighted by Gasteiger charge is 2.26. The Balaban J connectivity index is 1.44. The van der Waals surface area contributed by atoms with Crippen LogP contribution >= 0.6 is 35.1 Å². The lowest BCUT2D eigenvalue weighted by atomic mass is 9.99. The number of rotatable bonds is 9. The van der Waals surface area contributed by atoms with Crippen molar-refractivity contribution in [2.75, 3.05) is 17.2 Å². The number of halogens is 1. The van der Waals surface area contributed by atoms with Crippen LogP contribution < -0.4 is 4.90 Å². The lowest BCUT2D eigenvalue weighted by Crippen LogP contribution is -2.22. The summed E-state index contributed by atoms with van der Waals surface area (Å²) in [5.41, 5.74) is 4.73. The van der Waals surface area contributed by atoms with Gasteiger partial charge in [0.1, 0.15) is 5.71 Å². The van der Waals surface area contributed by atoms with Crippen LogP contribution in [0.1, 0.15) is 45.7 Å². The van der Waals surface area contributed by atoms with Gasteiger partial charge in [0.25, 0.3) is 0 Å². The quantitative estimate of drug-likeness (QED) is 0.0616. The number of Topliss-reactive ketones (excluding diaryl/α,β-unsaturated/α-hetero) is 1. The van der Waals surface area contributed by atoms with Gasteiger partial charge in [-0.3, -0.25) is 9.59 Å². The highest BCUT2D eigenvalue weighted by atomic mass is 35.5. The van der Waals surface area contributed by atoms with E-state index in [1.54, 1.807) is 18.2 Å². The topological polar surface area (TPSA) is 76.0 Å². The van der Waals surface area contributed by atoms with Crippen molar-refractivity contribution >= 4 is 69.7 Å². The van der Waals surface area contributed by atoms with E-state index < -0.39 is 5.97 Å². The normalized spacial score (nSPS) is 12.4. The minimum absolute atomic E-state index is 0.0289. The summed E-state index contributed by atoms with van der Waals surface area (Å²) in [6.45, 7) is 5.94. The summed E-state index contributed by atoms with van der Waals surface area (Å²) in [6, 6.07) is 26.1. The molecule has 0 atom stereocenters. The number of ketones is 2. The van der Waals surface area contributed by atoms with Crippen LogP contribution in [0.2, 0.25) is 5.02 Å². The summed E-state index contributed by atoms with van der Waals surface area (Å²) in [6.07, 6.45) is 0. The van der Waals surface area contributed by atoms with Crippen molar-refractivity contribution in [2.45, 2.75) is 35.5 Å². The van der Waals surface area contributed by atoms with Crippen molar-refractivity contribution in [3.63, 3.8) is 0 Å². The average Bonchev–Trinajstić information content (AvgIpc) is 2.99. The van der Waals surface area contributed by atoms with E-state index in [4.69, 9.17) is 16.4 Å². The maximum atomic E-state index is 13.6. The zero-order valence-electron chi connectivity index (χ0n) is 23.2. The minimum Gasteiger partial charge on any atom is -0.340 e. The van der Waals surface area contributed by atoms with Crippen molar-refractivity contribution in [2.24, 2.45) is 5.16 Å². The van der Waals surface area contributed by atoms with Crippen LogP contribution in [0.5, 0.6) is 0 Å². The van der Waals surface area contributed by atoms with Crippen LogP contribution in [0.15, 0.2) is 105 Å². The molecule has 4 aromatic rings. The number of carbonyl (C=O) groups excluding carboxylic acids is 3. The molecule has 1 heterocycles. The number of aryl methyl sites for hydroxylation is 1. The lowest BCUT2D eigenvalue weighted by molar-refractivity contribution is -0.140. The van der Waals surface area contributed by atoms with Gasteiger partial charge in [-0.05, 0) is 80.1 Å². The number of oxime groups is 1. The highest BCUT2D eigenvalue weighted by Crippen LogP contribution is 2.48. The second kappa shape index (κ2) is 13.0. The van der Waals surface area contributed by atoms with Crippen LogP contribution in [-0.2, 0) is 9.63 Å². The third-order valence-corrected chi connectivity index (χ3v) is 9.06. The number of hydrogen-bond donors (Lipinski definition) is 0. The van der Waals surface area contributed by atoms with E-state index in [0.717, 1.165) is 31.6 Å². The molecule has 212 valence electrons. The molecule has 0 spiro atoms. The molecule has 42 heavy (non-hydrogen) atoms. The third kappa shape index (κ3) is 6.46. The molecule has 0 fully saturated rings. The molecule has 5 rings (SSSR count). The molecule has 0 bridgehead atoms. The van der Waals surface area contributed by atoms with Crippen molar-refractivity contribution < 1.29 is 19.2 Å². The Kier molecular flexibility index (Phi) is 9.16. The van der Waals surface area contributed by atoms with E-state index in [0.29, 0.717) is 28.3 Å². The van der Waals surface area contributed by atoms with Gasteiger partial charge in [0, 0.05) is 55.6 Å². The zero-order chi connectivity index (χ0) is 29.8. The fourth-order valence-corrected chi connectivity index (χ4v) is 6.71. The second-order valence-electron chi connectivity index (χ2n) is 9.55. The standard InChI is InChI=1S/C33H27ClN2O4S2/c1-4-36-28-15-9-22(32(38)26-8-6-5-7-20(26)2)17-30(28)42-31-18-23(10-16-29(31)36)33(39)27(35-40-21(3)37)19-41-25-13-11-24(34)12-14-25/h5-18H,4,19H2,1-3H3. The Morgan fingerprint density at radius 2 is 1.55 bits per heavy atom. The highest BCUT2D eigenvalue weighted by molar-refractivity contribution is 8.00. The first-order chi connectivity index (χ1) is 20.2. The summed E-state index contributed by atoms with van der Waals surface area (Å²) in [7, 11) is 0. The Labute approximate surface area is 258 Å². The van der Waals surface area contributed by atoms with Gasteiger partial charge in [0.15, 0.2) is 5.78 Å². The Morgan fingerprint density at radius 3 is 2.19 bits per heavy atom. The van der Waals surface area contributed by atoms with E-state index in [9.17, 15) is 14.4 Å². The molecule has 0 N–H and O–H groups in total. The fourth-order valence-electron chi connectivity index (χ4n) is 4.59. The maximum Gasteiger partial charge on any atom is 0.331 e. The summed E-state index contributed by atoms with van der Waals surface area (Å²) in [5, 5.41) is 4.51. The number of hydrogen-bond acceptors (Lipinski definition) is 8. The summed E-state index contributed by atoms with van der Waals surface area (Å²) < 4.78 is 0. The summed E-state index contributed by atoms with van der Waals surface area (Å²) in [5.74, 6) is -0.770. The number of anilines is 2. The molecule has 1 aliphatic heterocycles. The number of carbonyl (C=O) groups is 3. The summed E-state index contributed by atoms with van der Waals surface area (Å²) >= 11 is 8.90. The smallest absolute Gasteiger partial charge is 0.331 e. The van der Waals surface area contributed by atoms with E-state index >= 15 is 0 Å². The monoisotopic (exact) mass is 614 g/mol. The van der Waals surface area contributed by atoms with Gasteiger partial charge >= 0.3 is 5.97 Å². The number of benzene rings is 4. The molecule has 0 aliphatic carbocycles. The zero-order valence-corrected chi connectivity index (χ0v) is 25.6. The van der Waals surface area contributed by atoms with E-state index in [1.165, 1.54) is 30.4 Å². The van der Waals surface area contributed by atoms with Gasteiger partial charge in [-0.25, -0.2) is 4.79 Å². The van der Waals surface area contributed by atoms with Gasteiger partial charge in [-0.1, -0.05) is 52.8 Å². The van der Waals surface area contributed by atoms with E-state index in [2.05, 4.69) is 17.0 Å². The minimum atomic E-state index is -0.607. The predicted octanol–water partition coefficient (Wildman–Crippen LogP) is 8.40. The van der Waals surface area contributed by atoms with E-state index in [-0.39, 0.29) is 23.0 Å². The Bertz CT molecular complexity index is 1720. The molecular formula is C33H27ClN2O4S2. The van der Waals surface area contributed by atoms with E-state index in [1.807, 2.05) is 73.7 Å². The van der Waals surface area contributed by atoms with Gasteiger partial charge < -0.3 is 9.74 Å². The van der Waals surface area contributed by atoms with Crippen LogP contribution in [0, 0.1) is 6.92 Å². The summed E-state index contributed by atoms with van der Waals surface area (Å²) in [4.78, 5) is 48.2. The first-order valence-electron chi connectivity index (χ1n) is 13.3. The van der Waals surface area contributed by atoms with Crippen molar-refractivity contribution in [1.29, 1.82) is 0 Å². The molecule has 0 amide bonds. The largest absolute Gasteiger partial charge is 0.340 e. The molecule has 0 aromatic heterocycles. The van der Waals surface area contributed by atoms with Crippen LogP contribution in [0.25, 0.3) is 0 Å². The lowest BCUT2D eigenvalue weighted by Gasteiger charge is -2.32. The molecule has 0 unspecified atom stereocenters. The van der Waals surface area contributed by atoms with Crippen LogP contribution in [-0.4, -0.2) is 35.5 Å². The van der Waals surface area contributed by atoms with Crippen molar-refractivity contribution in [1.82, 2.24) is 0 Å². The number of thioether (sulfide) groups is 1. The molecular weight excluding hydrogens is 588 g/mol. The van der Waals surface area contributed by atoms with Gasteiger partial charge in [0.05, 0.1) is 11.4 Å². The van der Waals surface area contributed by atoms with Crippen LogP contribution in [0.3, 0.4) is 0 Å². The molecule has 4 aromatic carbocycles. The molecule has 0 radical (unpaired) electrons. The molecule has 9 heteroatoms. The van der Waals surface area contributed by atoms with Crippen LogP contribution in [0.4, 0.5) is 11.4 Å². The number of nitrogens with zero attached hydrogens (tertiary/aromatic N) is 2. The fraction of sp³-hybridized carbons (Fsp3) is 0.152. The van der Waals surface area contributed by atoms with Crippen molar-refractivity contribution in [3.8, 4) is 0 Å². The average molecular weight is 615 g/mol. The van der Waals surface area contributed by atoms with Gasteiger partial charge in [0.2, 0.25) is 5.78 Å². The van der Waals surface area contributed by atoms with Gasteiger partial charge in [-0.15, -0.1) is 11.8 Å². The van der Waals surface area contributed by atoms with Crippen molar-refractivity contribution in [3.05, 3.63) is 112 Å². The Morgan fingerprint density at radius 1 is 0.905 bits per heavy atom. The third-order valence-electron chi connectivity index (χ3n) is 6.69. The molecule has 6 nitrogen and oxygen atoms in total. The Hall–Kier alpha value is -3.85. The molecule has 0 saturated carbocycles. The first kappa shape index (κ1) is 29.6.